The van der Waals surface area contributed by atoms with Crippen LogP contribution in [0.15, 0.2) is 42.7 Å². The number of ether oxygens (including phenoxy) is 1. The van der Waals surface area contributed by atoms with Crippen LogP contribution in [0.1, 0.15) is 11.4 Å². The van der Waals surface area contributed by atoms with E-state index in [1.54, 1.807) is 0 Å². The van der Waals surface area contributed by atoms with Crippen LogP contribution in [-0.2, 0) is 26.5 Å². The molecule has 10 heteroatoms. The number of nitrogens with one attached hydrogen (secondary N) is 2. The van der Waals surface area contributed by atoms with Crippen LogP contribution in [0, 0.1) is 10.1 Å². The molecule has 0 radical (unpaired) electrons. The van der Waals surface area contributed by atoms with E-state index in [0.29, 0.717) is 6.54 Å². The van der Waals surface area contributed by atoms with Crippen molar-refractivity contribution in [2.45, 2.75) is 12.1 Å². The highest BCUT2D eigenvalue weighted by atomic mass is 16.6. The Morgan fingerprint density at radius 1 is 1.36 bits per heavy atom. The number of benzene rings is 1. The summed E-state index contributed by atoms with van der Waals surface area (Å²) in [5, 5.41) is 22.8. The molecule has 1 unspecified atom stereocenters. The Bertz CT molecular complexity index is 734. The molecule has 132 valence electrons. The number of aliphatic carboxylic acids is 1. The number of carboxylic acids is 1. The highest BCUT2D eigenvalue weighted by molar-refractivity contribution is 6.28. The van der Waals surface area contributed by atoms with E-state index in [2.05, 4.69) is 15.3 Å². The van der Waals surface area contributed by atoms with Gasteiger partial charge in [0.05, 0.1) is 0 Å². The van der Waals surface area contributed by atoms with Gasteiger partial charge in [0.1, 0.15) is 0 Å². The normalized spacial score (nSPS) is 13.0. The third kappa shape index (κ3) is 4.85. The van der Waals surface area contributed by atoms with E-state index in [-0.39, 0.29) is 12.4 Å². The van der Waals surface area contributed by atoms with Crippen LogP contribution >= 0.6 is 0 Å². The predicted molar refractivity (Wildman–Crippen MR) is 84.0 cm³/mol. The van der Waals surface area contributed by atoms with Crippen molar-refractivity contribution in [1.29, 1.82) is 0 Å². The van der Waals surface area contributed by atoms with Gasteiger partial charge in [-0.3, -0.25) is 10.1 Å². The fourth-order valence-corrected chi connectivity index (χ4v) is 2.28. The molecule has 2 aromatic rings. The maximum atomic E-state index is 11.6. The number of rotatable bonds is 8. The molecule has 0 aliphatic carbocycles. The minimum absolute atomic E-state index is 0.0145. The Balaban J connectivity index is 2.23. The van der Waals surface area contributed by atoms with Crippen molar-refractivity contribution in [3.8, 4) is 0 Å². The van der Waals surface area contributed by atoms with E-state index >= 15 is 0 Å². The van der Waals surface area contributed by atoms with E-state index in [0.717, 1.165) is 5.56 Å². The summed E-state index contributed by atoms with van der Waals surface area (Å²) in [5.41, 5.74) is -0.974. The van der Waals surface area contributed by atoms with Gasteiger partial charge in [-0.15, -0.1) is 0 Å². The molecule has 25 heavy (non-hydrogen) atoms. The average Bonchev–Trinajstić information content (AvgIpc) is 3.10. The summed E-state index contributed by atoms with van der Waals surface area (Å²) in [4.78, 5) is 39.3. The number of carboxylic acid groups (broad SMARTS) is 1. The Kier molecular flexibility index (Phi) is 5.79. The van der Waals surface area contributed by atoms with Crippen molar-refractivity contribution >= 4 is 11.9 Å². The lowest BCUT2D eigenvalue weighted by Crippen LogP contribution is -2.49. The molecule has 1 atom stereocenters. The van der Waals surface area contributed by atoms with Crippen LogP contribution < -0.4 is 5.32 Å². The van der Waals surface area contributed by atoms with Gasteiger partial charge in [-0.1, -0.05) is 30.3 Å². The van der Waals surface area contributed by atoms with Gasteiger partial charge in [0.25, 0.3) is 6.54 Å². The van der Waals surface area contributed by atoms with Crippen molar-refractivity contribution in [1.82, 2.24) is 15.3 Å². The van der Waals surface area contributed by atoms with Gasteiger partial charge in [0.2, 0.25) is 5.60 Å². The van der Waals surface area contributed by atoms with Gasteiger partial charge in [-0.25, -0.2) is 14.6 Å². The molecule has 0 bridgehead atoms. The van der Waals surface area contributed by atoms with E-state index in [1.165, 1.54) is 12.4 Å². The molecule has 0 spiro atoms. The quantitative estimate of drug-likeness (QED) is 0.267. The number of carbonyl (C=O) groups excluding carboxylic acids is 1. The van der Waals surface area contributed by atoms with Crippen molar-refractivity contribution in [2.24, 2.45) is 0 Å². The summed E-state index contributed by atoms with van der Waals surface area (Å²) in [6, 6.07) is 9.20. The van der Waals surface area contributed by atoms with E-state index in [1.807, 2.05) is 30.3 Å². The minimum Gasteiger partial charge on any atom is -0.473 e. The monoisotopic (exact) mass is 348 g/mol. The molecule has 0 amide bonds. The highest BCUT2D eigenvalue weighted by Crippen LogP contribution is 2.23. The second-order valence-electron chi connectivity index (χ2n) is 5.21. The van der Waals surface area contributed by atoms with Gasteiger partial charge in [-0.05, 0) is 5.56 Å². The van der Waals surface area contributed by atoms with Crippen LogP contribution in [0.4, 0.5) is 0 Å². The molecule has 0 aliphatic heterocycles. The zero-order valence-corrected chi connectivity index (χ0v) is 13.0. The number of nitrogens with zero attached hydrogens (tertiary/aromatic N) is 2. The first kappa shape index (κ1) is 18.1. The first-order valence-electron chi connectivity index (χ1n) is 7.25. The summed E-state index contributed by atoms with van der Waals surface area (Å²) in [6.07, 6.45) is 2.73. The van der Waals surface area contributed by atoms with Crippen LogP contribution in [0.25, 0.3) is 0 Å². The molecule has 0 fully saturated rings. The van der Waals surface area contributed by atoms with Crippen molar-refractivity contribution in [3.63, 3.8) is 0 Å². The zero-order valence-electron chi connectivity index (χ0n) is 13.0. The molecule has 1 heterocycles. The van der Waals surface area contributed by atoms with Crippen molar-refractivity contribution in [2.75, 3.05) is 13.1 Å². The minimum atomic E-state index is -1.88. The number of aromatic nitrogens is 2. The smallest absolute Gasteiger partial charge is 0.418 e. The molecule has 10 nitrogen and oxygen atoms in total. The zero-order chi connectivity index (χ0) is 18.3. The van der Waals surface area contributed by atoms with E-state index in [9.17, 15) is 19.7 Å². The first-order chi connectivity index (χ1) is 11.9. The standard InChI is InChI=1S/C15H16N4O6/c20-12(21)13(22)25-15(10-19(23)24,14-17-6-7-18-14)9-16-8-11-4-2-1-3-5-11/h1-7,16H,8-10H2,(H,17,18)(H,20,21). The van der Waals surface area contributed by atoms with Crippen molar-refractivity contribution in [3.05, 3.63) is 64.2 Å². The summed E-state index contributed by atoms with van der Waals surface area (Å²) in [7, 11) is 0. The molecule has 3 N–H and O–H groups in total. The Morgan fingerprint density at radius 3 is 2.64 bits per heavy atom. The predicted octanol–water partition coefficient (Wildman–Crippen LogP) is 0.299. The lowest BCUT2D eigenvalue weighted by molar-refractivity contribution is -0.502. The van der Waals surface area contributed by atoms with Gasteiger partial charge < -0.3 is 20.1 Å². The van der Waals surface area contributed by atoms with Gasteiger partial charge >= 0.3 is 11.9 Å². The maximum absolute atomic E-state index is 11.6. The number of hydrogen-bond acceptors (Lipinski definition) is 7. The van der Waals surface area contributed by atoms with Crippen LogP contribution in [0.2, 0.25) is 0 Å². The highest BCUT2D eigenvalue weighted by Gasteiger charge is 2.45. The molecule has 1 aromatic heterocycles. The summed E-state index contributed by atoms with van der Waals surface area (Å²) >= 11 is 0. The third-order valence-corrected chi connectivity index (χ3v) is 3.36. The van der Waals surface area contributed by atoms with Gasteiger partial charge in [-0.2, -0.15) is 0 Å². The van der Waals surface area contributed by atoms with E-state index in [4.69, 9.17) is 9.84 Å². The summed E-state index contributed by atoms with van der Waals surface area (Å²) in [5.74, 6) is -3.46. The Morgan fingerprint density at radius 2 is 2.08 bits per heavy atom. The number of aromatic amines is 1. The van der Waals surface area contributed by atoms with Crippen LogP contribution in [-0.4, -0.2) is 45.0 Å². The SMILES string of the molecule is O=C(O)C(=O)OC(CNCc1ccccc1)(C[N+](=O)[O-])c1ncc[nH]1. The molecular weight excluding hydrogens is 332 g/mol. The molecular formula is C15H16N4O6. The molecule has 1 aromatic carbocycles. The van der Waals surface area contributed by atoms with Gasteiger partial charge in [0, 0.05) is 30.4 Å². The third-order valence-electron chi connectivity index (χ3n) is 3.36. The fourth-order valence-electron chi connectivity index (χ4n) is 2.28. The average molecular weight is 348 g/mol. The largest absolute Gasteiger partial charge is 0.473 e. The Hall–Kier alpha value is -3.27. The lowest BCUT2D eigenvalue weighted by atomic mass is 10.0. The summed E-state index contributed by atoms with van der Waals surface area (Å²) in [6.45, 7) is -0.706. The number of imidazole rings is 1. The van der Waals surface area contributed by atoms with Crippen molar-refractivity contribution < 1.29 is 24.4 Å². The molecule has 0 saturated carbocycles. The van der Waals surface area contributed by atoms with Gasteiger partial charge in [0.15, 0.2) is 5.82 Å². The maximum Gasteiger partial charge on any atom is 0.418 e. The number of hydrogen-bond donors (Lipinski definition) is 3. The number of carbonyl (C=O) groups is 2. The fraction of sp³-hybridized carbons (Fsp3) is 0.267. The second kappa shape index (κ2) is 8.02. The summed E-state index contributed by atoms with van der Waals surface area (Å²) < 4.78 is 4.96. The lowest BCUT2D eigenvalue weighted by Gasteiger charge is -2.27. The second-order valence-corrected chi connectivity index (χ2v) is 5.21. The van der Waals surface area contributed by atoms with E-state index < -0.39 is 29.0 Å². The molecule has 0 saturated heterocycles. The van der Waals surface area contributed by atoms with Crippen LogP contribution in [0.5, 0.6) is 0 Å². The Labute approximate surface area is 142 Å². The number of H-pyrrole nitrogens is 1. The topological polar surface area (TPSA) is 147 Å². The number of esters is 1. The van der Waals surface area contributed by atoms with Crippen LogP contribution in [0.3, 0.4) is 0 Å². The number of nitro groups is 1. The first-order valence-corrected chi connectivity index (χ1v) is 7.25. The molecule has 2 rings (SSSR count). The molecule has 0 aliphatic rings.